The van der Waals surface area contributed by atoms with Crippen LogP contribution in [0.3, 0.4) is 0 Å². The SMILES string of the molecule is Cc1nc(N2CCOCC2)sc1/C=N\N=C(N)N. The van der Waals surface area contributed by atoms with Crippen LogP contribution in [-0.2, 0) is 4.74 Å². The van der Waals surface area contributed by atoms with E-state index in [1.165, 1.54) is 0 Å². The number of hydrogen-bond donors (Lipinski definition) is 2. The number of ether oxygens (including phenoxy) is 1. The molecule has 1 aromatic rings. The topological polar surface area (TPSA) is 102 Å². The normalized spacial score (nSPS) is 16.2. The lowest BCUT2D eigenvalue weighted by molar-refractivity contribution is 0.122. The Balaban J connectivity index is 2.11. The molecule has 0 unspecified atom stereocenters. The highest BCUT2D eigenvalue weighted by molar-refractivity contribution is 7.17. The molecule has 0 spiro atoms. The van der Waals surface area contributed by atoms with Gasteiger partial charge in [-0.15, -0.1) is 5.10 Å². The summed E-state index contributed by atoms with van der Waals surface area (Å²) in [5.74, 6) is -0.0539. The van der Waals surface area contributed by atoms with E-state index in [1.54, 1.807) is 17.6 Å². The number of thiazole rings is 1. The molecule has 1 aliphatic rings. The van der Waals surface area contributed by atoms with Gasteiger partial charge in [0.2, 0.25) is 5.96 Å². The Kier molecular flexibility index (Phi) is 4.11. The van der Waals surface area contributed by atoms with Crippen LogP contribution >= 0.6 is 11.3 Å². The largest absolute Gasteiger partial charge is 0.378 e. The molecule has 7 nitrogen and oxygen atoms in total. The minimum absolute atomic E-state index is 0.0539. The third-order valence-corrected chi connectivity index (χ3v) is 3.60. The molecule has 18 heavy (non-hydrogen) atoms. The van der Waals surface area contributed by atoms with Crippen molar-refractivity contribution in [3.8, 4) is 0 Å². The van der Waals surface area contributed by atoms with E-state index in [4.69, 9.17) is 16.2 Å². The van der Waals surface area contributed by atoms with Crippen LogP contribution in [0.25, 0.3) is 0 Å². The van der Waals surface area contributed by atoms with E-state index in [2.05, 4.69) is 20.1 Å². The molecule has 2 rings (SSSR count). The van der Waals surface area contributed by atoms with Gasteiger partial charge in [-0.1, -0.05) is 11.3 Å². The second-order valence-electron chi connectivity index (χ2n) is 3.81. The van der Waals surface area contributed by atoms with E-state index in [1.807, 2.05) is 6.92 Å². The van der Waals surface area contributed by atoms with Crippen molar-refractivity contribution in [3.05, 3.63) is 10.6 Å². The first-order chi connectivity index (χ1) is 8.66. The fourth-order valence-corrected chi connectivity index (χ4v) is 2.54. The van der Waals surface area contributed by atoms with E-state index in [0.29, 0.717) is 0 Å². The Morgan fingerprint density at radius 3 is 2.83 bits per heavy atom. The Labute approximate surface area is 109 Å². The third kappa shape index (κ3) is 3.17. The van der Waals surface area contributed by atoms with E-state index >= 15 is 0 Å². The van der Waals surface area contributed by atoms with Gasteiger partial charge in [-0.25, -0.2) is 4.98 Å². The molecule has 1 aromatic heterocycles. The van der Waals surface area contributed by atoms with Gasteiger partial charge in [0.1, 0.15) is 0 Å². The highest BCUT2D eigenvalue weighted by Gasteiger charge is 2.16. The van der Waals surface area contributed by atoms with Crippen molar-refractivity contribution >= 4 is 28.6 Å². The van der Waals surface area contributed by atoms with E-state index in [9.17, 15) is 0 Å². The van der Waals surface area contributed by atoms with Crippen LogP contribution in [0.15, 0.2) is 10.2 Å². The molecule has 0 amide bonds. The molecule has 1 saturated heterocycles. The summed E-state index contributed by atoms with van der Waals surface area (Å²) >= 11 is 1.58. The van der Waals surface area contributed by atoms with Gasteiger partial charge in [0.15, 0.2) is 5.13 Å². The van der Waals surface area contributed by atoms with Crippen molar-refractivity contribution in [2.45, 2.75) is 6.92 Å². The number of hydrogen-bond acceptors (Lipinski definition) is 6. The van der Waals surface area contributed by atoms with Crippen molar-refractivity contribution < 1.29 is 4.74 Å². The number of rotatable bonds is 3. The molecule has 1 fully saturated rings. The van der Waals surface area contributed by atoms with E-state index in [-0.39, 0.29) is 5.96 Å². The number of morpholine rings is 1. The van der Waals surface area contributed by atoms with Gasteiger partial charge in [-0.2, -0.15) is 5.10 Å². The Morgan fingerprint density at radius 2 is 2.17 bits per heavy atom. The molecule has 1 aliphatic heterocycles. The van der Waals surface area contributed by atoms with Gasteiger partial charge in [-0.05, 0) is 6.92 Å². The van der Waals surface area contributed by atoms with Crippen molar-refractivity contribution in [2.75, 3.05) is 31.2 Å². The summed E-state index contributed by atoms with van der Waals surface area (Å²) in [7, 11) is 0. The van der Waals surface area contributed by atoms with Gasteiger partial charge < -0.3 is 21.1 Å². The Hall–Kier alpha value is -1.67. The fraction of sp³-hybridized carbons (Fsp3) is 0.500. The van der Waals surface area contributed by atoms with Crippen LogP contribution in [0.4, 0.5) is 5.13 Å². The molecule has 0 atom stereocenters. The second kappa shape index (κ2) is 5.78. The van der Waals surface area contributed by atoms with E-state index < -0.39 is 0 Å². The third-order valence-electron chi connectivity index (χ3n) is 2.45. The summed E-state index contributed by atoms with van der Waals surface area (Å²) in [5, 5.41) is 8.36. The average Bonchev–Trinajstić information content (AvgIpc) is 2.72. The molecule has 0 aliphatic carbocycles. The quantitative estimate of drug-likeness (QED) is 0.452. The smallest absolute Gasteiger partial charge is 0.211 e. The van der Waals surface area contributed by atoms with Crippen LogP contribution in [0.2, 0.25) is 0 Å². The van der Waals surface area contributed by atoms with Gasteiger partial charge in [0.25, 0.3) is 0 Å². The maximum Gasteiger partial charge on any atom is 0.211 e. The van der Waals surface area contributed by atoms with Crippen LogP contribution in [0, 0.1) is 6.92 Å². The molecule has 2 heterocycles. The van der Waals surface area contributed by atoms with Gasteiger partial charge >= 0.3 is 0 Å². The highest BCUT2D eigenvalue weighted by Crippen LogP contribution is 2.25. The fourth-order valence-electron chi connectivity index (χ4n) is 1.55. The Bertz CT molecular complexity index is 459. The average molecular weight is 268 g/mol. The van der Waals surface area contributed by atoms with Crippen molar-refractivity contribution in [1.82, 2.24) is 4.98 Å². The first-order valence-corrected chi connectivity index (χ1v) is 6.40. The number of nitrogens with two attached hydrogens (primary N) is 2. The zero-order valence-corrected chi connectivity index (χ0v) is 11.0. The minimum Gasteiger partial charge on any atom is -0.378 e. The highest BCUT2D eigenvalue weighted by atomic mass is 32.1. The first kappa shape index (κ1) is 12.8. The summed E-state index contributed by atoms with van der Waals surface area (Å²) in [6.07, 6.45) is 1.62. The van der Waals surface area contributed by atoms with E-state index in [0.717, 1.165) is 42.0 Å². The van der Waals surface area contributed by atoms with Gasteiger partial charge in [-0.3, -0.25) is 0 Å². The second-order valence-corrected chi connectivity index (χ2v) is 4.82. The summed E-state index contributed by atoms with van der Waals surface area (Å²) in [5.41, 5.74) is 11.3. The maximum absolute atomic E-state index is 5.31. The molecule has 0 bridgehead atoms. The number of guanidine groups is 1. The number of nitrogens with zero attached hydrogens (tertiary/aromatic N) is 4. The molecule has 0 aromatic carbocycles. The molecule has 0 saturated carbocycles. The summed E-state index contributed by atoms with van der Waals surface area (Å²) in [4.78, 5) is 7.69. The maximum atomic E-state index is 5.31. The molecular weight excluding hydrogens is 252 g/mol. The predicted octanol–water partition coefficient (Wildman–Crippen LogP) is -0.105. The predicted molar refractivity (Wildman–Crippen MR) is 73.3 cm³/mol. The molecule has 98 valence electrons. The first-order valence-electron chi connectivity index (χ1n) is 5.59. The van der Waals surface area contributed by atoms with Gasteiger partial charge in [0, 0.05) is 13.1 Å². The van der Waals surface area contributed by atoms with Crippen molar-refractivity contribution in [2.24, 2.45) is 21.7 Å². The zero-order valence-electron chi connectivity index (χ0n) is 10.2. The monoisotopic (exact) mass is 268 g/mol. The number of anilines is 1. The summed E-state index contributed by atoms with van der Waals surface area (Å²) < 4.78 is 5.31. The molecule has 4 N–H and O–H groups in total. The van der Waals surface area contributed by atoms with Crippen LogP contribution < -0.4 is 16.4 Å². The molecular formula is C10H16N6OS. The standard InChI is InChI=1S/C10H16N6OS/c1-7-8(6-13-15-9(11)12)18-10(14-7)16-2-4-17-5-3-16/h6H,2-5H2,1H3,(H4,11,12,15)/b13-6-. The zero-order chi connectivity index (χ0) is 13.0. The lowest BCUT2D eigenvalue weighted by Crippen LogP contribution is -2.36. The van der Waals surface area contributed by atoms with Gasteiger partial charge in [0.05, 0.1) is 30.0 Å². The number of aromatic nitrogens is 1. The molecule has 8 heteroatoms. The Morgan fingerprint density at radius 1 is 1.44 bits per heavy atom. The van der Waals surface area contributed by atoms with Crippen molar-refractivity contribution in [3.63, 3.8) is 0 Å². The van der Waals surface area contributed by atoms with Crippen LogP contribution in [0.1, 0.15) is 10.6 Å². The summed E-state index contributed by atoms with van der Waals surface area (Å²) in [6, 6.07) is 0. The minimum atomic E-state index is -0.0539. The summed E-state index contributed by atoms with van der Waals surface area (Å²) in [6.45, 7) is 5.18. The molecule has 0 radical (unpaired) electrons. The lowest BCUT2D eigenvalue weighted by Gasteiger charge is -2.25. The van der Waals surface area contributed by atoms with Crippen LogP contribution in [0.5, 0.6) is 0 Å². The number of aryl methyl sites for hydroxylation is 1. The van der Waals surface area contributed by atoms with Crippen molar-refractivity contribution in [1.29, 1.82) is 0 Å². The lowest BCUT2D eigenvalue weighted by atomic mass is 10.4. The van der Waals surface area contributed by atoms with Crippen LogP contribution in [-0.4, -0.2) is 43.5 Å².